The number of benzene rings is 1. The summed E-state index contributed by atoms with van der Waals surface area (Å²) in [6.07, 6.45) is -0.542. The number of fused-ring (bicyclic) bond motifs is 1. The number of methoxy groups -OCH3 is 1. The van der Waals surface area contributed by atoms with Gasteiger partial charge in [-0.3, -0.25) is 4.79 Å². The molecule has 5 rings (SSSR count). The molecule has 1 N–H and O–H groups in total. The Bertz CT molecular complexity index is 1630. The molecule has 4 aromatic rings. The number of amides is 1. The van der Waals surface area contributed by atoms with Crippen molar-refractivity contribution < 1.29 is 37.3 Å². The molecule has 1 atom stereocenters. The van der Waals surface area contributed by atoms with Crippen LogP contribution in [0.1, 0.15) is 24.2 Å². The van der Waals surface area contributed by atoms with Gasteiger partial charge in [-0.1, -0.05) is 30.3 Å². The molecule has 1 amide bonds. The molecule has 4 heterocycles. The maximum Gasteiger partial charge on any atom is 0.490 e. The normalized spacial score (nSPS) is 13.9. The Morgan fingerprint density at radius 3 is 2.32 bits per heavy atom. The highest BCUT2D eigenvalue weighted by Gasteiger charge is 2.38. The molecule has 1 aromatic carbocycles. The van der Waals surface area contributed by atoms with Crippen LogP contribution in [0, 0.1) is 11.3 Å². The van der Waals surface area contributed by atoms with Gasteiger partial charge in [0.25, 0.3) is 5.91 Å². The first kappa shape index (κ1) is 31.8. The average Bonchev–Trinajstić information content (AvgIpc) is 3.45. The van der Waals surface area contributed by atoms with Crippen LogP contribution >= 0.6 is 0 Å². The molecule has 0 aliphatic carbocycles. The number of halogens is 3. The number of anilines is 1. The molecule has 1 unspecified atom stereocenters. The van der Waals surface area contributed by atoms with E-state index in [-0.39, 0.29) is 5.91 Å². The van der Waals surface area contributed by atoms with Gasteiger partial charge < -0.3 is 24.4 Å². The second-order valence-corrected chi connectivity index (χ2v) is 9.53. The lowest BCUT2D eigenvalue weighted by Crippen LogP contribution is -2.50. The highest BCUT2D eigenvalue weighted by Crippen LogP contribution is 2.31. The number of carboxylic acids is 1. The molecular formula is C30H29F3N6O5. The molecule has 3 aromatic heterocycles. The lowest BCUT2D eigenvalue weighted by molar-refractivity contribution is -0.192. The Morgan fingerprint density at radius 2 is 1.77 bits per heavy atom. The summed E-state index contributed by atoms with van der Waals surface area (Å²) in [4.78, 5) is 30.7. The number of carbonyl (C=O) groups is 2. The first-order valence-corrected chi connectivity index (χ1v) is 13.5. The Labute approximate surface area is 250 Å². The van der Waals surface area contributed by atoms with E-state index in [1.807, 2.05) is 66.6 Å². The van der Waals surface area contributed by atoms with Gasteiger partial charge >= 0.3 is 12.1 Å². The fourth-order valence-electron chi connectivity index (χ4n) is 4.71. The minimum absolute atomic E-state index is 0.0241. The minimum Gasteiger partial charge on any atom is -0.492 e. The van der Waals surface area contributed by atoms with E-state index in [4.69, 9.17) is 24.4 Å². The van der Waals surface area contributed by atoms with Crippen LogP contribution in [0.25, 0.3) is 16.6 Å². The number of nitrogens with zero attached hydrogens (tertiary/aromatic N) is 6. The molecule has 0 radical (unpaired) electrons. The SMILES string of the molecule is CCOc1cc(-c2ccc(N3CCN(C(=O)C(OC)c4ccccc4)CC3)nc2)c2c(C#N)cnn2c1.O=C(O)C(F)(F)F. The Kier molecular flexibility index (Phi) is 10.0. The standard InChI is InChI=1S/C28H28N6O3.C2HF3O2/c1-3-37-23-15-24(26-22(16-29)18-31-34(26)19-23)21-9-10-25(30-17-21)32-11-13-33(14-12-32)28(35)27(36-2)20-7-5-4-6-8-20;3-2(4,5)1(6)7/h4-10,15,17-19,27H,3,11-14H2,1-2H3;(H,6,7). The molecule has 230 valence electrons. The fraction of sp³-hybridized carbons (Fsp3) is 0.300. The van der Waals surface area contributed by atoms with Gasteiger partial charge in [0.05, 0.1) is 30.1 Å². The van der Waals surface area contributed by atoms with Crippen LogP contribution in [0.5, 0.6) is 5.75 Å². The number of carboxylic acid groups (broad SMARTS) is 1. The lowest BCUT2D eigenvalue weighted by Gasteiger charge is -2.36. The van der Waals surface area contributed by atoms with Gasteiger partial charge in [0.2, 0.25) is 0 Å². The quantitative estimate of drug-likeness (QED) is 0.325. The summed E-state index contributed by atoms with van der Waals surface area (Å²) in [5, 5.41) is 21.0. The van der Waals surface area contributed by atoms with E-state index in [1.165, 1.54) is 0 Å². The second kappa shape index (κ2) is 13.9. The minimum atomic E-state index is -5.08. The number of alkyl halides is 3. The van der Waals surface area contributed by atoms with Crippen LogP contribution < -0.4 is 9.64 Å². The van der Waals surface area contributed by atoms with E-state index >= 15 is 0 Å². The third kappa shape index (κ3) is 7.24. The molecule has 0 saturated carbocycles. The predicted molar refractivity (Wildman–Crippen MR) is 153 cm³/mol. The number of hydrogen-bond acceptors (Lipinski definition) is 8. The van der Waals surface area contributed by atoms with Crippen molar-refractivity contribution >= 4 is 23.2 Å². The van der Waals surface area contributed by atoms with Crippen molar-refractivity contribution in [3.63, 3.8) is 0 Å². The van der Waals surface area contributed by atoms with Crippen LogP contribution in [-0.2, 0) is 14.3 Å². The molecule has 1 aliphatic heterocycles. The maximum atomic E-state index is 13.1. The smallest absolute Gasteiger partial charge is 0.490 e. The molecule has 0 spiro atoms. The topological polar surface area (TPSA) is 133 Å². The van der Waals surface area contributed by atoms with Crippen LogP contribution in [0.15, 0.2) is 67.1 Å². The summed E-state index contributed by atoms with van der Waals surface area (Å²) in [5.41, 5.74) is 3.77. The Hall–Kier alpha value is -5.16. The van der Waals surface area contributed by atoms with Crippen LogP contribution in [-0.4, -0.2) is 82.6 Å². The number of aromatic nitrogens is 3. The monoisotopic (exact) mass is 610 g/mol. The highest BCUT2D eigenvalue weighted by atomic mass is 19.4. The number of hydrogen-bond donors (Lipinski definition) is 1. The lowest BCUT2D eigenvalue weighted by atomic mass is 10.1. The summed E-state index contributed by atoms with van der Waals surface area (Å²) in [5.74, 6) is -1.27. The first-order chi connectivity index (χ1) is 21.1. The van der Waals surface area contributed by atoms with E-state index in [0.717, 1.165) is 28.0 Å². The maximum absolute atomic E-state index is 13.1. The van der Waals surface area contributed by atoms with Gasteiger partial charge in [-0.25, -0.2) is 14.3 Å². The van der Waals surface area contributed by atoms with Gasteiger partial charge in [0.15, 0.2) is 6.10 Å². The van der Waals surface area contributed by atoms with Crippen molar-refractivity contribution in [1.82, 2.24) is 19.5 Å². The summed E-state index contributed by atoms with van der Waals surface area (Å²) in [6, 6.07) is 17.7. The largest absolute Gasteiger partial charge is 0.492 e. The first-order valence-electron chi connectivity index (χ1n) is 13.5. The van der Waals surface area contributed by atoms with Crippen molar-refractivity contribution in [2.75, 3.05) is 44.8 Å². The molecular weight excluding hydrogens is 581 g/mol. The number of ether oxygens (including phenoxy) is 2. The van der Waals surface area contributed by atoms with E-state index in [2.05, 4.69) is 16.1 Å². The van der Waals surface area contributed by atoms with E-state index in [0.29, 0.717) is 44.1 Å². The summed E-state index contributed by atoms with van der Waals surface area (Å²) in [6.45, 7) is 4.98. The number of carbonyl (C=O) groups excluding carboxylic acids is 1. The van der Waals surface area contributed by atoms with Crippen molar-refractivity contribution in [3.8, 4) is 22.9 Å². The molecule has 14 heteroatoms. The van der Waals surface area contributed by atoms with Gasteiger partial charge in [-0.2, -0.15) is 23.5 Å². The summed E-state index contributed by atoms with van der Waals surface area (Å²) < 4.78 is 44.6. The third-order valence-electron chi connectivity index (χ3n) is 6.80. The van der Waals surface area contributed by atoms with E-state index < -0.39 is 18.2 Å². The zero-order valence-corrected chi connectivity index (χ0v) is 23.9. The van der Waals surface area contributed by atoms with Crippen molar-refractivity contribution in [3.05, 3.63) is 78.2 Å². The van der Waals surface area contributed by atoms with Gasteiger partial charge in [-0.05, 0) is 30.7 Å². The summed E-state index contributed by atoms with van der Waals surface area (Å²) in [7, 11) is 1.57. The number of rotatable bonds is 7. The Balaban J connectivity index is 0.000000566. The average molecular weight is 611 g/mol. The zero-order valence-electron chi connectivity index (χ0n) is 23.9. The molecule has 44 heavy (non-hydrogen) atoms. The highest BCUT2D eigenvalue weighted by molar-refractivity contribution is 5.85. The molecule has 1 fully saturated rings. The molecule has 11 nitrogen and oxygen atoms in total. The van der Waals surface area contributed by atoms with E-state index in [9.17, 15) is 23.2 Å². The van der Waals surface area contributed by atoms with Crippen LogP contribution in [0.2, 0.25) is 0 Å². The van der Waals surface area contributed by atoms with Crippen molar-refractivity contribution in [2.24, 2.45) is 0 Å². The molecule has 0 bridgehead atoms. The number of aliphatic carboxylic acids is 1. The second-order valence-electron chi connectivity index (χ2n) is 9.53. The van der Waals surface area contributed by atoms with Gasteiger partial charge in [-0.15, -0.1) is 0 Å². The van der Waals surface area contributed by atoms with Crippen LogP contribution in [0.3, 0.4) is 0 Å². The molecule has 1 aliphatic rings. The Morgan fingerprint density at radius 1 is 1.09 bits per heavy atom. The van der Waals surface area contributed by atoms with Gasteiger partial charge in [0.1, 0.15) is 17.6 Å². The predicted octanol–water partition coefficient (Wildman–Crippen LogP) is 4.34. The van der Waals surface area contributed by atoms with Crippen LogP contribution in [0.4, 0.5) is 19.0 Å². The third-order valence-corrected chi connectivity index (χ3v) is 6.80. The zero-order chi connectivity index (χ0) is 31.9. The molecule has 1 saturated heterocycles. The van der Waals surface area contributed by atoms with Crippen molar-refractivity contribution in [1.29, 1.82) is 5.26 Å². The van der Waals surface area contributed by atoms with E-state index in [1.54, 1.807) is 24.0 Å². The number of pyridine rings is 2. The van der Waals surface area contributed by atoms with Crippen molar-refractivity contribution in [2.45, 2.75) is 19.2 Å². The summed E-state index contributed by atoms with van der Waals surface area (Å²) >= 11 is 0. The number of piperazine rings is 1. The van der Waals surface area contributed by atoms with Gasteiger partial charge in [0, 0.05) is 50.6 Å². The number of nitriles is 1. The fourth-order valence-corrected chi connectivity index (χ4v) is 4.71.